The van der Waals surface area contributed by atoms with Gasteiger partial charge in [-0.2, -0.15) is 0 Å². The van der Waals surface area contributed by atoms with Gasteiger partial charge in [0.05, 0.1) is 0 Å². The van der Waals surface area contributed by atoms with Gasteiger partial charge in [-0.15, -0.1) is 0 Å². The van der Waals surface area contributed by atoms with Crippen molar-refractivity contribution in [2.45, 2.75) is 27.7 Å². The Balaban J connectivity index is 2.94. The summed E-state index contributed by atoms with van der Waals surface area (Å²) in [6.45, 7) is 9.19. The molecule has 0 aliphatic heterocycles. The van der Waals surface area contributed by atoms with E-state index in [0.717, 1.165) is 22.3 Å². The first-order chi connectivity index (χ1) is 7.70. The van der Waals surface area contributed by atoms with Crippen LogP contribution in [0, 0.1) is 5.41 Å². The third-order valence-electron chi connectivity index (χ3n) is 2.48. The molecule has 94 valence electrons. The Morgan fingerprint density at radius 2 is 1.94 bits per heavy atom. The molecule has 2 nitrogen and oxygen atoms in total. The van der Waals surface area contributed by atoms with E-state index >= 15 is 0 Å². The molecule has 17 heavy (non-hydrogen) atoms. The molecule has 0 aliphatic rings. The van der Waals surface area contributed by atoms with Gasteiger partial charge in [0.25, 0.3) is 0 Å². The topological polar surface area (TPSA) is 20.3 Å². The van der Waals surface area contributed by atoms with Crippen LogP contribution in [0.4, 0.5) is 5.69 Å². The highest BCUT2D eigenvalue weighted by atomic mass is 79.9. The Morgan fingerprint density at radius 3 is 2.35 bits per heavy atom. The van der Waals surface area contributed by atoms with Gasteiger partial charge in [-0.3, -0.25) is 4.79 Å². The van der Waals surface area contributed by atoms with Crippen molar-refractivity contribution in [1.82, 2.24) is 0 Å². The molecular formula is C14H20BrNO. The van der Waals surface area contributed by atoms with E-state index in [9.17, 15) is 4.79 Å². The minimum atomic E-state index is 0.0851. The smallest absolute Gasteiger partial charge is 0.160 e. The van der Waals surface area contributed by atoms with Gasteiger partial charge < -0.3 is 4.90 Å². The molecule has 1 aromatic rings. The molecule has 0 atom stereocenters. The standard InChI is InChI=1S/C14H20BrNO/c1-10(17)12-7-6-11(8-13(12)15)16(5)9-14(2,3)4/h6-8H,9H2,1-5H3. The highest BCUT2D eigenvalue weighted by Gasteiger charge is 2.15. The molecular weight excluding hydrogens is 278 g/mol. The van der Waals surface area contributed by atoms with Crippen LogP contribution in [-0.2, 0) is 0 Å². The van der Waals surface area contributed by atoms with Gasteiger partial charge in [-0.1, -0.05) is 20.8 Å². The summed E-state index contributed by atoms with van der Waals surface area (Å²) in [7, 11) is 2.07. The number of hydrogen-bond donors (Lipinski definition) is 0. The van der Waals surface area contributed by atoms with Gasteiger partial charge in [-0.25, -0.2) is 0 Å². The fraction of sp³-hybridized carbons (Fsp3) is 0.500. The van der Waals surface area contributed by atoms with Crippen LogP contribution < -0.4 is 4.90 Å². The molecule has 0 radical (unpaired) electrons. The Bertz CT molecular complexity index is 421. The lowest BCUT2D eigenvalue weighted by molar-refractivity contribution is 0.101. The summed E-state index contributed by atoms with van der Waals surface area (Å²) in [5, 5.41) is 0. The van der Waals surface area contributed by atoms with Crippen LogP contribution in [-0.4, -0.2) is 19.4 Å². The number of nitrogens with zero attached hydrogens (tertiary/aromatic N) is 1. The molecule has 0 fully saturated rings. The summed E-state index contributed by atoms with van der Waals surface area (Å²) in [6.07, 6.45) is 0. The largest absolute Gasteiger partial charge is 0.374 e. The first-order valence-electron chi connectivity index (χ1n) is 5.72. The van der Waals surface area contributed by atoms with Gasteiger partial charge in [-0.05, 0) is 46.5 Å². The van der Waals surface area contributed by atoms with Crippen LogP contribution in [0.15, 0.2) is 22.7 Å². The Hall–Kier alpha value is -0.830. The lowest BCUT2D eigenvalue weighted by atomic mass is 9.96. The third-order valence-corrected chi connectivity index (χ3v) is 3.14. The van der Waals surface area contributed by atoms with E-state index in [1.807, 2.05) is 18.2 Å². The SMILES string of the molecule is CC(=O)c1ccc(N(C)CC(C)(C)C)cc1Br. The van der Waals surface area contributed by atoms with Crippen LogP contribution in [0.25, 0.3) is 0 Å². The molecule has 0 N–H and O–H groups in total. The lowest BCUT2D eigenvalue weighted by Gasteiger charge is -2.28. The predicted molar refractivity (Wildman–Crippen MR) is 76.9 cm³/mol. The summed E-state index contributed by atoms with van der Waals surface area (Å²) >= 11 is 3.45. The van der Waals surface area contributed by atoms with Crippen molar-refractivity contribution in [2.75, 3.05) is 18.5 Å². The number of rotatable bonds is 3. The van der Waals surface area contributed by atoms with Gasteiger partial charge >= 0.3 is 0 Å². The highest BCUT2D eigenvalue weighted by Crippen LogP contribution is 2.26. The average Bonchev–Trinajstić information content (AvgIpc) is 2.14. The molecule has 0 aromatic heterocycles. The number of ketones is 1. The number of anilines is 1. The first kappa shape index (κ1) is 14.2. The molecule has 0 heterocycles. The lowest BCUT2D eigenvalue weighted by Crippen LogP contribution is -2.29. The number of hydrogen-bond acceptors (Lipinski definition) is 2. The molecule has 0 saturated heterocycles. The third kappa shape index (κ3) is 4.15. The quantitative estimate of drug-likeness (QED) is 0.782. The normalized spacial score (nSPS) is 11.4. The number of carbonyl (C=O) groups excluding carboxylic acids is 1. The van der Waals surface area contributed by atoms with E-state index < -0.39 is 0 Å². The Kier molecular flexibility index (Phi) is 4.36. The molecule has 0 amide bonds. The second-order valence-corrected chi connectivity index (χ2v) is 6.49. The molecule has 3 heteroatoms. The maximum Gasteiger partial charge on any atom is 0.160 e. The zero-order chi connectivity index (χ0) is 13.2. The highest BCUT2D eigenvalue weighted by molar-refractivity contribution is 9.10. The summed E-state index contributed by atoms with van der Waals surface area (Å²) < 4.78 is 0.864. The molecule has 1 rings (SSSR count). The Morgan fingerprint density at radius 1 is 1.35 bits per heavy atom. The first-order valence-corrected chi connectivity index (χ1v) is 6.51. The molecule has 0 spiro atoms. The van der Waals surface area contributed by atoms with E-state index in [1.165, 1.54) is 0 Å². The zero-order valence-electron chi connectivity index (χ0n) is 11.2. The molecule has 1 aromatic carbocycles. The summed E-state index contributed by atoms with van der Waals surface area (Å²) in [4.78, 5) is 13.5. The van der Waals surface area contributed by atoms with Crippen LogP contribution in [0.5, 0.6) is 0 Å². The maximum atomic E-state index is 11.3. The van der Waals surface area contributed by atoms with Gasteiger partial charge in [0.15, 0.2) is 5.78 Å². The van der Waals surface area contributed by atoms with Crippen molar-refractivity contribution in [3.05, 3.63) is 28.2 Å². The van der Waals surface area contributed by atoms with Crippen LogP contribution >= 0.6 is 15.9 Å². The molecule has 0 unspecified atom stereocenters. The summed E-state index contributed by atoms with van der Waals surface area (Å²) in [6, 6.07) is 5.87. The fourth-order valence-corrected chi connectivity index (χ4v) is 2.48. The predicted octanol–water partition coefficient (Wildman–Crippen LogP) is 4.13. The number of Topliss-reactive ketones (excluding diaryl/α,β-unsaturated/α-hetero) is 1. The maximum absolute atomic E-state index is 11.3. The van der Waals surface area contributed by atoms with Crippen molar-refractivity contribution < 1.29 is 4.79 Å². The van der Waals surface area contributed by atoms with Crippen molar-refractivity contribution >= 4 is 27.4 Å². The van der Waals surface area contributed by atoms with Crippen LogP contribution in [0.2, 0.25) is 0 Å². The van der Waals surface area contributed by atoms with Crippen molar-refractivity contribution in [1.29, 1.82) is 0 Å². The van der Waals surface area contributed by atoms with Crippen LogP contribution in [0.1, 0.15) is 38.1 Å². The second-order valence-electron chi connectivity index (χ2n) is 5.64. The van der Waals surface area contributed by atoms with Gasteiger partial charge in [0, 0.05) is 29.3 Å². The summed E-state index contributed by atoms with van der Waals surface area (Å²) in [5.74, 6) is 0.0851. The van der Waals surface area contributed by atoms with E-state index in [1.54, 1.807) is 6.92 Å². The number of halogens is 1. The van der Waals surface area contributed by atoms with E-state index in [0.29, 0.717) is 0 Å². The average molecular weight is 298 g/mol. The number of carbonyl (C=O) groups is 1. The minimum absolute atomic E-state index is 0.0851. The van der Waals surface area contributed by atoms with Crippen LogP contribution in [0.3, 0.4) is 0 Å². The molecule has 0 saturated carbocycles. The van der Waals surface area contributed by atoms with E-state index in [-0.39, 0.29) is 11.2 Å². The van der Waals surface area contributed by atoms with E-state index in [2.05, 4.69) is 48.6 Å². The number of benzene rings is 1. The van der Waals surface area contributed by atoms with Crippen molar-refractivity contribution in [3.63, 3.8) is 0 Å². The van der Waals surface area contributed by atoms with Gasteiger partial charge in [0.2, 0.25) is 0 Å². The second kappa shape index (κ2) is 5.21. The molecule has 0 bridgehead atoms. The minimum Gasteiger partial charge on any atom is -0.374 e. The fourth-order valence-electron chi connectivity index (χ4n) is 1.83. The molecule has 0 aliphatic carbocycles. The summed E-state index contributed by atoms with van der Waals surface area (Å²) in [5.41, 5.74) is 2.11. The van der Waals surface area contributed by atoms with E-state index in [4.69, 9.17) is 0 Å². The van der Waals surface area contributed by atoms with Crippen molar-refractivity contribution in [2.24, 2.45) is 5.41 Å². The zero-order valence-corrected chi connectivity index (χ0v) is 12.8. The Labute approximate surface area is 112 Å². The monoisotopic (exact) mass is 297 g/mol. The van der Waals surface area contributed by atoms with Crippen molar-refractivity contribution in [3.8, 4) is 0 Å². The van der Waals surface area contributed by atoms with Gasteiger partial charge in [0.1, 0.15) is 0 Å².